The molecule has 3 amide bonds. The van der Waals surface area contributed by atoms with Crippen molar-refractivity contribution in [2.75, 3.05) is 31.4 Å². The van der Waals surface area contributed by atoms with Gasteiger partial charge in [-0.2, -0.15) is 0 Å². The number of ether oxygens (including phenoxy) is 2. The minimum absolute atomic E-state index is 0.0565. The fraction of sp³-hybridized carbons (Fsp3) is 0.281. The number of hydrogen-bond acceptors (Lipinski definition) is 8. The lowest BCUT2D eigenvalue weighted by Crippen LogP contribution is -2.38. The molecule has 2 aromatic heterocycles. The van der Waals surface area contributed by atoms with Gasteiger partial charge in [-0.25, -0.2) is 9.97 Å². The number of hydrogen-bond donors (Lipinski definition) is 2. The number of carbonyl (C=O) groups is 3. The van der Waals surface area contributed by atoms with Gasteiger partial charge in [0.1, 0.15) is 18.1 Å². The summed E-state index contributed by atoms with van der Waals surface area (Å²) in [6.07, 6.45) is 2.13. The van der Waals surface area contributed by atoms with Gasteiger partial charge in [-0.1, -0.05) is 36.4 Å². The van der Waals surface area contributed by atoms with Crippen LogP contribution in [0.4, 0.5) is 11.5 Å². The van der Waals surface area contributed by atoms with Crippen LogP contribution in [0, 0.1) is 6.92 Å². The number of carbonyl (C=O) groups excluding carboxylic acids is 3. The van der Waals surface area contributed by atoms with Gasteiger partial charge in [0.15, 0.2) is 6.29 Å². The van der Waals surface area contributed by atoms with E-state index in [2.05, 4.69) is 20.6 Å². The third-order valence-corrected chi connectivity index (χ3v) is 8.89. The standard InChI is InChI=1S/C32H31N5O5S/c1-19-27(34-18-43-19)29(39)37(16-21-7-4-5-8-24(21)30(41-2)42-3)17-26(38)35-23-11-10-20-14-32(15-22(20)13-23)25-9-6-12-33-28(25)36-31(32)40/h4-13,18,30H,14-17H2,1-3H3,(H,35,38)(H,33,36,40). The fourth-order valence-electron chi connectivity index (χ4n) is 6.04. The molecule has 0 saturated carbocycles. The molecule has 1 spiro atoms. The second-order valence-corrected chi connectivity index (χ2v) is 11.8. The molecule has 4 aromatic rings. The number of aryl methyl sites for hydroxylation is 1. The van der Waals surface area contributed by atoms with Crippen LogP contribution < -0.4 is 10.6 Å². The van der Waals surface area contributed by atoms with Gasteiger partial charge in [0.05, 0.1) is 10.9 Å². The molecule has 10 nitrogen and oxygen atoms in total. The molecule has 0 saturated heterocycles. The van der Waals surface area contributed by atoms with Crippen LogP contribution in [0.1, 0.15) is 49.5 Å². The number of rotatable bonds is 9. The van der Waals surface area contributed by atoms with E-state index in [1.165, 1.54) is 16.2 Å². The topological polar surface area (TPSA) is 123 Å². The molecule has 2 aromatic carbocycles. The van der Waals surface area contributed by atoms with Crippen molar-refractivity contribution in [3.8, 4) is 0 Å². The predicted molar refractivity (Wildman–Crippen MR) is 162 cm³/mol. The quantitative estimate of drug-likeness (QED) is 0.274. The molecular weight excluding hydrogens is 566 g/mol. The Morgan fingerprint density at radius 2 is 1.86 bits per heavy atom. The molecule has 3 heterocycles. The Morgan fingerprint density at radius 3 is 2.63 bits per heavy atom. The van der Waals surface area contributed by atoms with E-state index in [4.69, 9.17) is 9.47 Å². The van der Waals surface area contributed by atoms with E-state index in [-0.39, 0.29) is 30.8 Å². The van der Waals surface area contributed by atoms with Gasteiger partial charge in [0.25, 0.3) is 5.91 Å². The molecule has 0 radical (unpaired) electrons. The molecule has 1 aliphatic carbocycles. The van der Waals surface area contributed by atoms with Crippen LogP contribution in [0.2, 0.25) is 0 Å². The molecular formula is C32H31N5O5S. The zero-order chi connectivity index (χ0) is 30.1. The van der Waals surface area contributed by atoms with Crippen LogP contribution >= 0.6 is 11.3 Å². The molecule has 1 atom stereocenters. The summed E-state index contributed by atoms with van der Waals surface area (Å²) in [5.74, 6) is -0.142. The van der Waals surface area contributed by atoms with Crippen molar-refractivity contribution in [2.45, 2.75) is 38.0 Å². The van der Waals surface area contributed by atoms with Gasteiger partial charge in [0, 0.05) is 48.7 Å². The molecule has 2 N–H and O–H groups in total. The van der Waals surface area contributed by atoms with E-state index in [0.29, 0.717) is 30.0 Å². The maximum Gasteiger partial charge on any atom is 0.274 e. The summed E-state index contributed by atoms with van der Waals surface area (Å²) in [5, 5.41) is 5.88. The molecule has 1 unspecified atom stereocenters. The van der Waals surface area contributed by atoms with Gasteiger partial charge < -0.3 is 25.0 Å². The minimum atomic E-state index is -0.696. The van der Waals surface area contributed by atoms with Crippen LogP contribution in [0.3, 0.4) is 0 Å². The third-order valence-electron chi connectivity index (χ3n) is 8.13. The Morgan fingerprint density at radius 1 is 1.07 bits per heavy atom. The molecule has 2 aliphatic rings. The fourth-order valence-corrected chi connectivity index (χ4v) is 6.61. The van der Waals surface area contributed by atoms with E-state index in [1.54, 1.807) is 25.9 Å². The molecule has 43 heavy (non-hydrogen) atoms. The van der Waals surface area contributed by atoms with E-state index >= 15 is 0 Å². The van der Waals surface area contributed by atoms with E-state index in [1.807, 2.05) is 61.5 Å². The first-order valence-electron chi connectivity index (χ1n) is 13.8. The highest BCUT2D eigenvalue weighted by Gasteiger charge is 2.51. The van der Waals surface area contributed by atoms with Crippen molar-refractivity contribution in [1.29, 1.82) is 0 Å². The number of methoxy groups -OCH3 is 2. The summed E-state index contributed by atoms with van der Waals surface area (Å²) in [5.41, 5.74) is 6.35. The average molecular weight is 598 g/mol. The van der Waals surface area contributed by atoms with Crippen LogP contribution in [-0.4, -0.2) is 53.4 Å². The summed E-state index contributed by atoms with van der Waals surface area (Å²) in [6, 6.07) is 17.0. The monoisotopic (exact) mass is 597 g/mol. The highest BCUT2D eigenvalue weighted by Crippen LogP contribution is 2.47. The first kappa shape index (κ1) is 28.7. The zero-order valence-corrected chi connectivity index (χ0v) is 24.9. The number of pyridine rings is 1. The lowest BCUT2D eigenvalue weighted by Gasteiger charge is -2.25. The smallest absolute Gasteiger partial charge is 0.274 e. The van der Waals surface area contributed by atoms with E-state index < -0.39 is 11.7 Å². The lowest BCUT2D eigenvalue weighted by molar-refractivity contribution is -0.120. The number of thiazole rings is 1. The summed E-state index contributed by atoms with van der Waals surface area (Å²) < 4.78 is 10.9. The van der Waals surface area contributed by atoms with Crippen molar-refractivity contribution in [1.82, 2.24) is 14.9 Å². The van der Waals surface area contributed by atoms with E-state index in [0.717, 1.165) is 32.7 Å². The van der Waals surface area contributed by atoms with Gasteiger partial charge in [-0.15, -0.1) is 11.3 Å². The van der Waals surface area contributed by atoms with Crippen molar-refractivity contribution < 1.29 is 23.9 Å². The maximum atomic E-state index is 13.7. The Bertz CT molecular complexity index is 1720. The molecule has 1 aliphatic heterocycles. The minimum Gasteiger partial charge on any atom is -0.352 e. The average Bonchev–Trinajstić information content (AvgIpc) is 3.69. The number of nitrogens with one attached hydrogen (secondary N) is 2. The largest absolute Gasteiger partial charge is 0.352 e. The van der Waals surface area contributed by atoms with Crippen LogP contribution in [0.5, 0.6) is 0 Å². The van der Waals surface area contributed by atoms with Crippen LogP contribution in [0.15, 0.2) is 66.3 Å². The van der Waals surface area contributed by atoms with Crippen molar-refractivity contribution in [2.24, 2.45) is 0 Å². The van der Waals surface area contributed by atoms with Crippen LogP contribution in [0.25, 0.3) is 0 Å². The number of anilines is 2. The number of benzene rings is 2. The molecule has 6 rings (SSSR count). The first-order chi connectivity index (χ1) is 20.8. The second-order valence-electron chi connectivity index (χ2n) is 10.7. The second kappa shape index (κ2) is 11.7. The van der Waals surface area contributed by atoms with Crippen LogP contribution in [-0.2, 0) is 43.9 Å². The summed E-state index contributed by atoms with van der Waals surface area (Å²) in [7, 11) is 3.10. The van der Waals surface area contributed by atoms with E-state index in [9.17, 15) is 14.4 Å². The molecule has 11 heteroatoms. The van der Waals surface area contributed by atoms with Crippen molar-refractivity contribution >= 4 is 40.6 Å². The van der Waals surface area contributed by atoms with Crippen molar-refractivity contribution in [3.63, 3.8) is 0 Å². The van der Waals surface area contributed by atoms with Crippen molar-refractivity contribution in [3.05, 3.63) is 105 Å². The molecule has 220 valence electrons. The predicted octanol–water partition coefficient (Wildman–Crippen LogP) is 4.41. The summed E-state index contributed by atoms with van der Waals surface area (Å²) in [4.78, 5) is 51.0. The lowest BCUT2D eigenvalue weighted by atomic mass is 9.79. The SMILES string of the molecule is COC(OC)c1ccccc1CN(CC(=O)Nc1ccc2c(c1)CC1(C2)C(=O)Nc2ncccc21)C(=O)c1ncsc1C. The Kier molecular flexibility index (Phi) is 7.78. The number of amides is 3. The first-order valence-corrected chi connectivity index (χ1v) is 14.7. The molecule has 0 bridgehead atoms. The number of aromatic nitrogens is 2. The highest BCUT2D eigenvalue weighted by atomic mass is 32.1. The Balaban J connectivity index is 1.22. The Hall–Kier alpha value is -4.45. The third kappa shape index (κ3) is 5.31. The maximum absolute atomic E-state index is 13.7. The Labute approximate surface area is 253 Å². The molecule has 0 fully saturated rings. The number of fused-ring (bicyclic) bond motifs is 3. The summed E-state index contributed by atoms with van der Waals surface area (Å²) in [6.45, 7) is 1.79. The zero-order valence-electron chi connectivity index (χ0n) is 24.0. The highest BCUT2D eigenvalue weighted by molar-refractivity contribution is 7.09. The van der Waals surface area contributed by atoms with Gasteiger partial charge in [-0.3, -0.25) is 14.4 Å². The normalized spacial score (nSPS) is 16.7. The van der Waals surface area contributed by atoms with Gasteiger partial charge >= 0.3 is 0 Å². The van der Waals surface area contributed by atoms with Gasteiger partial charge in [0.2, 0.25) is 11.8 Å². The summed E-state index contributed by atoms with van der Waals surface area (Å²) >= 11 is 1.38. The number of nitrogens with zero attached hydrogens (tertiary/aromatic N) is 3. The van der Waals surface area contributed by atoms with Gasteiger partial charge in [-0.05, 0) is 54.7 Å².